The van der Waals surface area contributed by atoms with Gasteiger partial charge in [-0.3, -0.25) is 4.98 Å². The predicted octanol–water partition coefficient (Wildman–Crippen LogP) is 2.44. The summed E-state index contributed by atoms with van der Waals surface area (Å²) in [5.41, 5.74) is -0.407. The summed E-state index contributed by atoms with van der Waals surface area (Å²) in [5, 5.41) is 8.75. The van der Waals surface area contributed by atoms with E-state index in [4.69, 9.17) is 5.11 Å². The Balaban J connectivity index is 2.90. The molecular weight excluding hydrogens is 251 g/mol. The molecule has 0 aliphatic rings. The van der Waals surface area contributed by atoms with Crippen LogP contribution >= 0.6 is 15.9 Å². The standard InChI is InChI=1S/C7H5BrF3NO/c8-4-1-2-5(12-3-4)6(13)7(9,10)11/h1-3,6,13H/t6-/m0/s1. The minimum Gasteiger partial charge on any atom is -0.378 e. The van der Waals surface area contributed by atoms with Crippen molar-refractivity contribution in [3.8, 4) is 0 Å². The SMILES string of the molecule is O[C@@H](c1ccc(Br)cn1)C(F)(F)F. The molecule has 0 aromatic carbocycles. The average molecular weight is 256 g/mol. The van der Waals surface area contributed by atoms with Gasteiger partial charge in [-0.15, -0.1) is 0 Å². The molecule has 0 unspecified atom stereocenters. The maximum absolute atomic E-state index is 11.9. The van der Waals surface area contributed by atoms with Crippen molar-refractivity contribution in [1.29, 1.82) is 0 Å². The van der Waals surface area contributed by atoms with Crippen molar-refractivity contribution in [3.63, 3.8) is 0 Å². The highest BCUT2D eigenvalue weighted by Gasteiger charge is 2.40. The summed E-state index contributed by atoms with van der Waals surface area (Å²) in [6.45, 7) is 0. The number of rotatable bonds is 1. The second-order valence-corrected chi connectivity index (χ2v) is 3.26. The molecular formula is C7H5BrF3NO. The van der Waals surface area contributed by atoms with Crippen molar-refractivity contribution in [2.24, 2.45) is 0 Å². The summed E-state index contributed by atoms with van der Waals surface area (Å²) in [6, 6.07) is 2.50. The maximum atomic E-state index is 11.9. The van der Waals surface area contributed by atoms with Gasteiger partial charge < -0.3 is 5.11 Å². The largest absolute Gasteiger partial charge is 0.420 e. The molecule has 1 rings (SSSR count). The molecule has 0 fully saturated rings. The highest BCUT2D eigenvalue weighted by molar-refractivity contribution is 9.10. The van der Waals surface area contributed by atoms with Gasteiger partial charge in [-0.05, 0) is 28.1 Å². The summed E-state index contributed by atoms with van der Waals surface area (Å²) >= 11 is 3.02. The molecule has 0 spiro atoms. The normalized spacial score (nSPS) is 14.2. The first kappa shape index (κ1) is 10.5. The van der Waals surface area contributed by atoms with Crippen LogP contribution < -0.4 is 0 Å². The number of aliphatic hydroxyl groups is 1. The fraction of sp³-hybridized carbons (Fsp3) is 0.286. The van der Waals surface area contributed by atoms with E-state index in [-0.39, 0.29) is 0 Å². The third kappa shape index (κ3) is 2.67. The molecule has 13 heavy (non-hydrogen) atoms. The van der Waals surface area contributed by atoms with Gasteiger partial charge in [0.1, 0.15) is 0 Å². The third-order valence-electron chi connectivity index (χ3n) is 1.34. The van der Waals surface area contributed by atoms with Crippen LogP contribution in [0.15, 0.2) is 22.8 Å². The van der Waals surface area contributed by atoms with Crippen molar-refractivity contribution < 1.29 is 18.3 Å². The Bertz CT molecular complexity index is 285. The maximum Gasteiger partial charge on any atom is 0.420 e. The second kappa shape index (κ2) is 3.63. The highest BCUT2D eigenvalue weighted by atomic mass is 79.9. The van der Waals surface area contributed by atoms with Crippen molar-refractivity contribution >= 4 is 15.9 Å². The molecule has 1 atom stereocenters. The van der Waals surface area contributed by atoms with Crippen LogP contribution in [0.25, 0.3) is 0 Å². The van der Waals surface area contributed by atoms with Crippen LogP contribution in [-0.2, 0) is 0 Å². The summed E-state index contributed by atoms with van der Waals surface area (Å²) in [4.78, 5) is 3.43. The lowest BCUT2D eigenvalue weighted by atomic mass is 10.2. The first-order valence-electron chi connectivity index (χ1n) is 3.27. The Morgan fingerprint density at radius 3 is 2.38 bits per heavy atom. The smallest absolute Gasteiger partial charge is 0.378 e. The lowest BCUT2D eigenvalue weighted by Gasteiger charge is -2.13. The zero-order valence-corrected chi connectivity index (χ0v) is 7.80. The fourth-order valence-corrected chi connectivity index (χ4v) is 0.951. The Morgan fingerprint density at radius 1 is 1.38 bits per heavy atom. The lowest BCUT2D eigenvalue weighted by molar-refractivity contribution is -0.207. The monoisotopic (exact) mass is 255 g/mol. The van der Waals surface area contributed by atoms with Crippen LogP contribution in [-0.4, -0.2) is 16.3 Å². The quantitative estimate of drug-likeness (QED) is 0.837. The number of hydrogen-bond acceptors (Lipinski definition) is 2. The van der Waals surface area contributed by atoms with Gasteiger partial charge in [-0.25, -0.2) is 0 Å². The van der Waals surface area contributed by atoms with E-state index in [1.807, 2.05) is 0 Å². The Hall–Kier alpha value is -0.620. The van der Waals surface area contributed by atoms with Crippen molar-refractivity contribution in [1.82, 2.24) is 4.98 Å². The molecule has 6 heteroatoms. The molecule has 0 aliphatic heterocycles. The van der Waals surface area contributed by atoms with E-state index in [0.717, 1.165) is 6.07 Å². The molecule has 0 saturated heterocycles. The lowest BCUT2D eigenvalue weighted by Crippen LogP contribution is -2.21. The van der Waals surface area contributed by atoms with E-state index in [9.17, 15) is 13.2 Å². The molecule has 0 saturated carbocycles. The molecule has 0 bridgehead atoms. The molecule has 0 aliphatic carbocycles. The minimum atomic E-state index is -4.67. The van der Waals surface area contributed by atoms with Crippen LogP contribution in [0.2, 0.25) is 0 Å². The van der Waals surface area contributed by atoms with E-state index >= 15 is 0 Å². The van der Waals surface area contributed by atoms with Crippen LogP contribution in [0, 0.1) is 0 Å². The number of aromatic nitrogens is 1. The van der Waals surface area contributed by atoms with E-state index in [0.29, 0.717) is 4.47 Å². The first-order chi connectivity index (χ1) is 5.91. The number of halogens is 4. The number of aliphatic hydroxyl groups excluding tert-OH is 1. The topological polar surface area (TPSA) is 33.1 Å². The summed E-state index contributed by atoms with van der Waals surface area (Å²) in [7, 11) is 0. The minimum absolute atomic E-state index is 0.407. The zero-order chi connectivity index (χ0) is 10.1. The van der Waals surface area contributed by atoms with E-state index in [1.165, 1.54) is 12.3 Å². The number of nitrogens with zero attached hydrogens (tertiary/aromatic N) is 1. The summed E-state index contributed by atoms with van der Waals surface area (Å²) in [6.07, 6.45) is -5.98. The van der Waals surface area contributed by atoms with Crippen LogP contribution in [0.4, 0.5) is 13.2 Å². The fourth-order valence-electron chi connectivity index (χ4n) is 0.717. The van der Waals surface area contributed by atoms with Gasteiger partial charge in [0.2, 0.25) is 0 Å². The predicted molar refractivity (Wildman–Crippen MR) is 43.0 cm³/mol. The van der Waals surface area contributed by atoms with Gasteiger partial charge in [0.25, 0.3) is 0 Å². The van der Waals surface area contributed by atoms with Crippen LogP contribution in [0.5, 0.6) is 0 Å². The second-order valence-electron chi connectivity index (χ2n) is 2.35. The number of pyridine rings is 1. The van der Waals surface area contributed by atoms with Crippen molar-refractivity contribution in [3.05, 3.63) is 28.5 Å². The Morgan fingerprint density at radius 2 is 2.00 bits per heavy atom. The van der Waals surface area contributed by atoms with E-state index in [2.05, 4.69) is 20.9 Å². The molecule has 0 amide bonds. The van der Waals surface area contributed by atoms with E-state index in [1.54, 1.807) is 0 Å². The molecule has 72 valence electrons. The zero-order valence-electron chi connectivity index (χ0n) is 6.22. The summed E-state index contributed by atoms with van der Waals surface area (Å²) in [5.74, 6) is 0. The van der Waals surface area contributed by atoms with Gasteiger partial charge >= 0.3 is 6.18 Å². The van der Waals surface area contributed by atoms with Crippen LogP contribution in [0.1, 0.15) is 11.8 Å². The first-order valence-corrected chi connectivity index (χ1v) is 4.07. The van der Waals surface area contributed by atoms with Gasteiger partial charge in [-0.2, -0.15) is 13.2 Å². The van der Waals surface area contributed by atoms with Crippen LogP contribution in [0.3, 0.4) is 0 Å². The Labute approximate surface area is 80.5 Å². The van der Waals surface area contributed by atoms with Gasteiger partial charge in [-0.1, -0.05) is 0 Å². The van der Waals surface area contributed by atoms with Crippen molar-refractivity contribution in [2.75, 3.05) is 0 Å². The van der Waals surface area contributed by atoms with Gasteiger partial charge in [0, 0.05) is 10.7 Å². The Kier molecular flexibility index (Phi) is 2.92. The van der Waals surface area contributed by atoms with Gasteiger partial charge in [0.05, 0.1) is 5.69 Å². The number of hydrogen-bond donors (Lipinski definition) is 1. The molecule has 1 N–H and O–H groups in total. The molecule has 1 heterocycles. The highest BCUT2D eigenvalue weighted by Crippen LogP contribution is 2.31. The average Bonchev–Trinajstić information content (AvgIpc) is 2.03. The number of alkyl halides is 3. The summed E-state index contributed by atoms with van der Waals surface area (Å²) < 4.78 is 36.4. The molecule has 2 nitrogen and oxygen atoms in total. The molecule has 1 aromatic heterocycles. The van der Waals surface area contributed by atoms with E-state index < -0.39 is 18.0 Å². The molecule has 0 radical (unpaired) electrons. The van der Waals surface area contributed by atoms with Crippen molar-refractivity contribution in [2.45, 2.75) is 12.3 Å². The molecule has 1 aromatic rings. The van der Waals surface area contributed by atoms with Gasteiger partial charge in [0.15, 0.2) is 6.10 Å². The third-order valence-corrected chi connectivity index (χ3v) is 1.81.